The minimum atomic E-state index is 0.891. The van der Waals surface area contributed by atoms with Gasteiger partial charge in [-0.3, -0.25) is 0 Å². The lowest BCUT2D eigenvalue weighted by atomic mass is 9.95. The number of H-pyrrole nitrogens is 2. The SMILES string of the molecule is C1=Cc2nc1c(-c1ccccc1)c1ccc([nH]1)c(-c1ccccc1)c1nc(c(-c3ccccc3)c3ccc([nH]3)c2-c2ccccc2)C(c2ccccc2)=C1. The normalized spacial score (nSPS) is 12.1. The van der Waals surface area contributed by atoms with E-state index in [1.54, 1.807) is 0 Å². The third-order valence-electron chi connectivity index (χ3n) is 10.2. The number of benzene rings is 5. The van der Waals surface area contributed by atoms with Crippen molar-refractivity contribution in [3.8, 4) is 44.5 Å². The molecule has 4 heteroatoms. The van der Waals surface area contributed by atoms with Crippen LogP contribution in [0.1, 0.15) is 28.3 Å². The Morgan fingerprint density at radius 2 is 0.630 bits per heavy atom. The smallest absolute Gasteiger partial charge is 0.0815 e. The van der Waals surface area contributed by atoms with Crippen molar-refractivity contribution in [1.29, 1.82) is 0 Å². The van der Waals surface area contributed by atoms with E-state index in [2.05, 4.69) is 204 Å². The maximum absolute atomic E-state index is 5.62. The molecule has 0 aliphatic carbocycles. The third kappa shape index (κ3) is 5.58. The maximum Gasteiger partial charge on any atom is 0.0815 e. The molecule has 5 heterocycles. The number of hydrogen-bond donors (Lipinski definition) is 2. The predicted octanol–water partition coefficient (Wildman–Crippen LogP) is 12.7. The van der Waals surface area contributed by atoms with Crippen LogP contribution in [0.5, 0.6) is 0 Å². The molecule has 2 aliphatic heterocycles. The first-order valence-corrected chi connectivity index (χ1v) is 18.3. The van der Waals surface area contributed by atoms with E-state index in [9.17, 15) is 0 Å². The van der Waals surface area contributed by atoms with Crippen LogP contribution in [0, 0.1) is 0 Å². The summed E-state index contributed by atoms with van der Waals surface area (Å²) in [4.78, 5) is 18.8. The van der Waals surface area contributed by atoms with Crippen molar-refractivity contribution in [3.63, 3.8) is 0 Å². The lowest BCUT2D eigenvalue weighted by molar-refractivity contribution is 1.30. The minimum Gasteiger partial charge on any atom is -0.354 e. The average molecular weight is 691 g/mol. The van der Waals surface area contributed by atoms with Crippen LogP contribution in [0.2, 0.25) is 0 Å². The van der Waals surface area contributed by atoms with E-state index in [0.29, 0.717) is 0 Å². The number of hydrogen-bond acceptors (Lipinski definition) is 2. The van der Waals surface area contributed by atoms with Crippen molar-refractivity contribution in [3.05, 3.63) is 204 Å². The van der Waals surface area contributed by atoms with Crippen LogP contribution in [0.15, 0.2) is 176 Å². The molecule has 0 saturated carbocycles. The van der Waals surface area contributed by atoms with Gasteiger partial charge in [0.2, 0.25) is 0 Å². The molecule has 0 unspecified atom stereocenters. The summed E-state index contributed by atoms with van der Waals surface area (Å²) in [7, 11) is 0. The molecule has 5 aromatic carbocycles. The van der Waals surface area contributed by atoms with Crippen molar-refractivity contribution in [2.45, 2.75) is 0 Å². The Kier molecular flexibility index (Phi) is 7.77. The number of aromatic nitrogens is 4. The highest BCUT2D eigenvalue weighted by Crippen LogP contribution is 2.42. The standard InChI is InChI=1S/C50H34N4/c1-6-16-33(17-7-1)38-32-45-48(36-22-12-4-13-23-36)43-29-28-41(52-43)46(34-18-8-2-9-19-34)39-26-27-40(51-39)47(35-20-10-3-11-21-35)42-30-31-44(53-42)49(50(38)54-45)37-24-14-5-15-25-37/h1-32,52-53H. The molecule has 0 radical (unpaired) electrons. The molecule has 8 aromatic rings. The molecule has 10 rings (SSSR count). The van der Waals surface area contributed by atoms with Gasteiger partial charge in [-0.25, -0.2) is 9.97 Å². The second kappa shape index (κ2) is 13.4. The van der Waals surface area contributed by atoms with Gasteiger partial charge in [0.15, 0.2) is 0 Å². The number of nitrogens with one attached hydrogen (secondary N) is 2. The summed E-state index contributed by atoms with van der Waals surface area (Å²) < 4.78 is 0. The lowest BCUT2D eigenvalue weighted by Gasteiger charge is -2.09. The Labute approximate surface area is 313 Å². The zero-order valence-electron chi connectivity index (χ0n) is 29.4. The first-order chi connectivity index (χ1) is 26.8. The fourth-order valence-electron chi connectivity index (χ4n) is 7.75. The van der Waals surface area contributed by atoms with Gasteiger partial charge >= 0.3 is 0 Å². The molecule has 0 saturated heterocycles. The number of rotatable bonds is 5. The Hall–Kier alpha value is -7.30. The molecule has 254 valence electrons. The first kappa shape index (κ1) is 31.4. The topological polar surface area (TPSA) is 57.4 Å². The zero-order chi connectivity index (χ0) is 35.8. The maximum atomic E-state index is 5.62. The summed E-state index contributed by atoms with van der Waals surface area (Å²) in [6, 6.07) is 61.5. The molecule has 0 fully saturated rings. The van der Waals surface area contributed by atoms with Crippen LogP contribution in [0.3, 0.4) is 0 Å². The van der Waals surface area contributed by atoms with Crippen LogP contribution in [0.4, 0.5) is 0 Å². The van der Waals surface area contributed by atoms with Gasteiger partial charge in [-0.05, 0) is 70.3 Å². The molecule has 0 atom stereocenters. The Morgan fingerprint density at radius 3 is 1.04 bits per heavy atom. The van der Waals surface area contributed by atoms with Crippen molar-refractivity contribution in [2.75, 3.05) is 0 Å². The molecule has 2 N–H and O–H groups in total. The summed E-state index contributed by atoms with van der Waals surface area (Å²) in [5, 5.41) is 0. The Balaban J connectivity index is 1.44. The molecule has 4 nitrogen and oxygen atoms in total. The fraction of sp³-hybridized carbons (Fsp3) is 0. The highest BCUT2D eigenvalue weighted by molar-refractivity contribution is 6.05. The van der Waals surface area contributed by atoms with Crippen molar-refractivity contribution in [2.24, 2.45) is 0 Å². The van der Waals surface area contributed by atoms with E-state index < -0.39 is 0 Å². The molecular formula is C50H34N4. The quantitative estimate of drug-likeness (QED) is 0.189. The molecule has 54 heavy (non-hydrogen) atoms. The molecule has 0 amide bonds. The van der Waals surface area contributed by atoms with Gasteiger partial charge in [-0.15, -0.1) is 0 Å². The van der Waals surface area contributed by atoms with E-state index >= 15 is 0 Å². The van der Waals surface area contributed by atoms with Gasteiger partial charge in [0.1, 0.15) is 0 Å². The molecule has 0 spiro atoms. The van der Waals surface area contributed by atoms with Crippen LogP contribution in [-0.4, -0.2) is 19.9 Å². The van der Waals surface area contributed by atoms with Crippen molar-refractivity contribution in [1.82, 2.24) is 19.9 Å². The van der Waals surface area contributed by atoms with E-state index in [4.69, 9.17) is 9.97 Å². The van der Waals surface area contributed by atoms with Crippen molar-refractivity contribution >= 4 is 45.9 Å². The summed E-state index contributed by atoms with van der Waals surface area (Å²) in [5.41, 5.74) is 18.1. The van der Waals surface area contributed by atoms with Crippen LogP contribution < -0.4 is 0 Å². The van der Waals surface area contributed by atoms with E-state index in [1.165, 1.54) is 0 Å². The Morgan fingerprint density at radius 1 is 0.296 bits per heavy atom. The van der Waals surface area contributed by atoms with E-state index in [0.717, 1.165) is 100 Å². The highest BCUT2D eigenvalue weighted by Gasteiger charge is 2.23. The summed E-state index contributed by atoms with van der Waals surface area (Å²) >= 11 is 0. The second-order valence-electron chi connectivity index (χ2n) is 13.5. The van der Waals surface area contributed by atoms with Crippen LogP contribution >= 0.6 is 0 Å². The number of nitrogens with zero attached hydrogens (tertiary/aromatic N) is 2. The lowest BCUT2D eigenvalue weighted by Crippen LogP contribution is -1.92. The highest BCUT2D eigenvalue weighted by atomic mass is 14.8. The zero-order valence-corrected chi connectivity index (χ0v) is 29.4. The molecule has 8 bridgehead atoms. The number of aromatic amines is 2. The molecule has 3 aromatic heterocycles. The Bertz CT molecular complexity index is 2890. The van der Waals surface area contributed by atoms with Crippen LogP contribution in [0.25, 0.3) is 90.4 Å². The largest absolute Gasteiger partial charge is 0.354 e. The fourth-order valence-corrected chi connectivity index (χ4v) is 7.75. The summed E-state index contributed by atoms with van der Waals surface area (Å²) in [6.07, 6.45) is 6.54. The van der Waals surface area contributed by atoms with Gasteiger partial charge in [-0.2, -0.15) is 0 Å². The first-order valence-electron chi connectivity index (χ1n) is 18.3. The van der Waals surface area contributed by atoms with Crippen molar-refractivity contribution < 1.29 is 0 Å². The molecule has 2 aliphatic rings. The van der Waals surface area contributed by atoms with Crippen LogP contribution in [-0.2, 0) is 0 Å². The predicted molar refractivity (Wildman–Crippen MR) is 225 cm³/mol. The second-order valence-corrected chi connectivity index (χ2v) is 13.5. The number of fused-ring (bicyclic) bond motifs is 8. The van der Waals surface area contributed by atoms with E-state index in [-0.39, 0.29) is 0 Å². The van der Waals surface area contributed by atoms with Gasteiger partial charge in [0, 0.05) is 49.9 Å². The van der Waals surface area contributed by atoms with Gasteiger partial charge < -0.3 is 9.97 Å². The summed E-state index contributed by atoms with van der Waals surface area (Å²) in [5.74, 6) is 0. The molecular weight excluding hydrogens is 657 g/mol. The summed E-state index contributed by atoms with van der Waals surface area (Å²) in [6.45, 7) is 0. The van der Waals surface area contributed by atoms with Gasteiger partial charge in [-0.1, -0.05) is 152 Å². The monoisotopic (exact) mass is 690 g/mol. The third-order valence-corrected chi connectivity index (χ3v) is 10.2. The van der Waals surface area contributed by atoms with Gasteiger partial charge in [0.25, 0.3) is 0 Å². The van der Waals surface area contributed by atoms with Gasteiger partial charge in [0.05, 0.1) is 22.8 Å². The minimum absolute atomic E-state index is 0.891. The average Bonchev–Trinajstić information content (AvgIpc) is 4.07. The van der Waals surface area contributed by atoms with E-state index in [1.807, 2.05) is 0 Å².